The number of hydrogen-bond acceptors (Lipinski definition) is 2. The van der Waals surface area contributed by atoms with Crippen molar-refractivity contribution in [1.29, 1.82) is 0 Å². The molecule has 0 heterocycles. The second kappa shape index (κ2) is 1.07. The van der Waals surface area contributed by atoms with Crippen molar-refractivity contribution in [1.82, 2.24) is 0 Å². The van der Waals surface area contributed by atoms with Crippen molar-refractivity contribution in [2.24, 2.45) is 0 Å². The van der Waals surface area contributed by atoms with E-state index in [1.54, 1.807) is 0 Å². The molecule has 0 bridgehead atoms. The molecule has 0 aromatic carbocycles. The third-order valence-corrected chi connectivity index (χ3v) is 0. The predicted octanol–water partition coefficient (Wildman–Crippen LogP) is -1.03. The van der Waals surface area contributed by atoms with Gasteiger partial charge in [0.25, 0.3) is 0 Å². The van der Waals surface area contributed by atoms with Crippen LogP contribution >= 0.6 is 7.33 Å². The zero-order chi connectivity index (χ0) is 5.45. The Hall–Kier alpha value is 0.638. The summed E-state index contributed by atoms with van der Waals surface area (Å²) in [6, 6.07) is 0. The Morgan fingerprint density at radius 1 is 1.33 bits per heavy atom. The van der Waals surface area contributed by atoms with Gasteiger partial charge in [0.2, 0.25) is 0 Å². The van der Waals surface area contributed by atoms with Crippen LogP contribution in [0.4, 0.5) is 0 Å². The Morgan fingerprint density at radius 2 is 1.33 bits per heavy atom. The van der Waals surface area contributed by atoms with Crippen LogP contribution in [0.2, 0.25) is 0 Å². The van der Waals surface area contributed by atoms with E-state index in [0.717, 1.165) is 7.33 Å². The molecule has 0 amide bonds. The molecule has 0 fully saturated rings. The average Bonchev–Trinajstić information content (AvgIpc) is 0.650. The second-order valence-corrected chi connectivity index (χ2v) is 13.6. The fourth-order valence-electron chi connectivity index (χ4n) is 0. The van der Waals surface area contributed by atoms with Crippen LogP contribution in [0.3, 0.4) is 0 Å². The number of hydrogen-bond donors (Lipinski definition) is 2. The van der Waals surface area contributed by atoms with Gasteiger partial charge < -0.3 is 0 Å². The summed E-state index contributed by atoms with van der Waals surface area (Å²) in [5.41, 5.74) is 0. The summed E-state index contributed by atoms with van der Waals surface area (Å²) in [4.78, 5) is 0. The van der Waals surface area contributed by atoms with Gasteiger partial charge in [-0.1, -0.05) is 0 Å². The van der Waals surface area contributed by atoms with Crippen molar-refractivity contribution in [2.45, 2.75) is 0 Å². The second-order valence-electron chi connectivity index (χ2n) is 0.851. The van der Waals surface area contributed by atoms with Crippen LogP contribution in [-0.2, 0) is 21.8 Å². The Kier molecular flexibility index (Phi) is 1.19. The molecule has 39 valence electrons. The minimum absolute atomic E-state index is 0.981. The summed E-state index contributed by atoms with van der Waals surface area (Å²) < 4.78 is 34.0. The molecule has 0 saturated heterocycles. The fraction of sp³-hybridized carbons (Fsp3) is 0. The average molecular weight is 283 g/mol. The molecule has 0 radical (unpaired) electrons. The maximum atomic E-state index is 9.41. The van der Waals surface area contributed by atoms with Gasteiger partial charge >= 0.3 is 36.6 Å². The van der Waals surface area contributed by atoms with E-state index in [9.17, 15) is 6.80 Å². The summed E-state index contributed by atoms with van der Waals surface area (Å²) in [5.74, 6) is 0. The Bertz CT molecular complexity index is 134. The molecule has 0 spiro atoms. The quantitative estimate of drug-likeness (QED) is 0.557. The first kappa shape index (κ1) is 6.64. The maximum absolute atomic E-state index is 9.41. The van der Waals surface area contributed by atoms with Crippen molar-refractivity contribution < 1.29 is 29.3 Å². The summed E-state index contributed by atoms with van der Waals surface area (Å²) in [7, 11) is 0.981. The Morgan fingerprint density at radius 3 is 1.33 bits per heavy atom. The summed E-state index contributed by atoms with van der Waals surface area (Å²) in [5, 5.41) is 0. The van der Waals surface area contributed by atoms with Gasteiger partial charge in [-0.25, -0.2) is 0 Å². The van der Waals surface area contributed by atoms with E-state index in [1.165, 1.54) is 0 Å². The van der Waals surface area contributed by atoms with E-state index in [1.807, 2.05) is 0 Å². The molecule has 0 aromatic rings. The molecule has 0 aliphatic heterocycles. The van der Waals surface area contributed by atoms with Crippen LogP contribution in [0.15, 0.2) is 0 Å². The third kappa shape index (κ3) is 151. The van der Waals surface area contributed by atoms with Crippen LogP contribution < -0.4 is 0 Å². The van der Waals surface area contributed by atoms with Crippen molar-refractivity contribution in [3.05, 3.63) is 0 Å². The zero-order valence-electron chi connectivity index (χ0n) is 2.70. The summed E-state index contributed by atoms with van der Waals surface area (Å²) in [6.07, 6.45) is 0. The van der Waals surface area contributed by atoms with Crippen molar-refractivity contribution in [2.75, 3.05) is 0 Å². The molecule has 6 heavy (non-hydrogen) atoms. The molecule has 0 saturated carbocycles. The molecule has 2 N–H and O–H groups in total. The van der Waals surface area contributed by atoms with Gasteiger partial charge in [0.05, 0.1) is 0 Å². The van der Waals surface area contributed by atoms with Gasteiger partial charge in [0.1, 0.15) is 0 Å². The summed E-state index contributed by atoms with van der Waals surface area (Å²) in [6.45, 7) is 0. The van der Waals surface area contributed by atoms with Crippen LogP contribution in [0.5, 0.6) is 0 Å². The van der Waals surface area contributed by atoms with Crippen molar-refractivity contribution in [3.63, 3.8) is 0 Å². The van der Waals surface area contributed by atoms with Crippen LogP contribution in [-0.4, -0.2) is 7.52 Å². The van der Waals surface area contributed by atoms with Crippen molar-refractivity contribution >= 4 is 7.33 Å². The molecule has 1 unspecified atom stereocenters. The fourth-order valence-corrected chi connectivity index (χ4v) is 0. The molecule has 6 heteroatoms. The van der Waals surface area contributed by atoms with E-state index >= 15 is 0 Å². The van der Waals surface area contributed by atoms with E-state index in [4.69, 9.17) is 7.52 Å². The van der Waals surface area contributed by atoms with Gasteiger partial charge in [-0.2, -0.15) is 0 Å². The molecule has 0 aliphatic carbocycles. The molecular formula is H4O4PW. The first-order chi connectivity index (χ1) is 2.24. The van der Waals surface area contributed by atoms with E-state index < -0.39 is 15.0 Å². The van der Waals surface area contributed by atoms with Gasteiger partial charge in [0, 0.05) is 0 Å². The predicted molar refractivity (Wildman–Crippen MR) is 15.5 cm³/mol. The van der Waals surface area contributed by atoms with E-state index in [-0.39, 0.29) is 0 Å². The third-order valence-electron chi connectivity index (χ3n) is 0. The van der Waals surface area contributed by atoms with Gasteiger partial charge in [-0.15, -0.1) is 0 Å². The first-order valence-electron chi connectivity index (χ1n) is 0.934. The monoisotopic (exact) mass is 283 g/mol. The van der Waals surface area contributed by atoms with Crippen LogP contribution in [0, 0.1) is 0 Å². The van der Waals surface area contributed by atoms with Gasteiger partial charge in [0.15, 0.2) is 0 Å². The van der Waals surface area contributed by atoms with Crippen LogP contribution in [0.1, 0.15) is 0 Å². The molecule has 4 nitrogen and oxygen atoms in total. The van der Waals surface area contributed by atoms with Crippen molar-refractivity contribution in [3.8, 4) is 0 Å². The molecule has 1 atom stereocenters. The Labute approximate surface area is 37.2 Å². The first-order valence-corrected chi connectivity index (χ1v) is 11.5. The van der Waals surface area contributed by atoms with E-state index in [0.29, 0.717) is 0 Å². The van der Waals surface area contributed by atoms with E-state index in [2.05, 4.69) is 0 Å². The molecule has 0 rings (SSSR count). The Balaban J connectivity index is 4.69. The topological polar surface area (TPSA) is 74.6 Å². The normalized spacial score (nSPS) is 18.8. The number of rotatable bonds is 0. The standard InChI is InChI=1S/2H2O.2O.H2P.W/h2*1H2;;;1H2;/q;;;;-1;+3/p-2. The summed E-state index contributed by atoms with van der Waals surface area (Å²) >= 11 is -6.33. The molecule has 0 aliphatic rings. The molecular weight excluding hydrogens is 279 g/mol. The molecule has 0 aromatic heterocycles. The minimum atomic E-state index is -6.33. The van der Waals surface area contributed by atoms with Crippen LogP contribution in [0.25, 0.3) is 0 Å². The van der Waals surface area contributed by atoms with Gasteiger partial charge in [-0.3, -0.25) is 0 Å². The van der Waals surface area contributed by atoms with Gasteiger partial charge in [-0.05, 0) is 0 Å². The SMILES string of the molecule is [O]=[W](=[O])([OH])([OH])[PH2]. The zero-order valence-corrected chi connectivity index (χ0v) is 6.78.